The van der Waals surface area contributed by atoms with Crippen LogP contribution in [0.25, 0.3) is 5.57 Å². The van der Waals surface area contributed by atoms with Crippen molar-refractivity contribution in [1.29, 1.82) is 0 Å². The Morgan fingerprint density at radius 2 is 2.08 bits per heavy atom. The molecule has 0 heterocycles. The fourth-order valence-corrected chi connectivity index (χ4v) is 4.16. The van der Waals surface area contributed by atoms with E-state index in [2.05, 4.69) is 34.3 Å². The van der Waals surface area contributed by atoms with Crippen molar-refractivity contribution in [2.75, 3.05) is 6.61 Å². The van der Waals surface area contributed by atoms with Gasteiger partial charge in [0.2, 0.25) is 0 Å². The Kier molecular flexibility index (Phi) is 6.52. The van der Waals surface area contributed by atoms with Crippen LogP contribution in [0.15, 0.2) is 47.6 Å². The maximum Gasteiger partial charge on any atom is 0.338 e. The first kappa shape index (κ1) is 20.5. The predicted octanol–water partition coefficient (Wildman–Crippen LogP) is 7.00. The van der Waals surface area contributed by atoms with Gasteiger partial charge in [0.05, 0.1) is 12.2 Å². The fraction of sp³-hybridized carbons (Fsp3) is 0.435. The number of hydrogen-bond donors (Lipinski definition) is 0. The van der Waals surface area contributed by atoms with Crippen LogP contribution in [0.2, 0.25) is 5.02 Å². The fourth-order valence-electron chi connectivity index (χ4n) is 3.88. The minimum absolute atomic E-state index is 0.0745. The van der Waals surface area contributed by atoms with Crippen LogP contribution in [0.3, 0.4) is 0 Å². The zero-order valence-electron chi connectivity index (χ0n) is 16.5. The maximum absolute atomic E-state index is 12.0. The molecule has 0 amide bonds. The van der Waals surface area contributed by atoms with E-state index in [0.29, 0.717) is 17.2 Å². The molecule has 0 aromatic heterocycles. The standard InChI is InChI=1S/C23H29ClO2/c1-7-15(3)20(21-16(4)10-9-13-23(21,5)6)18-12-11-17(14-19(18)24)22(25)26-8-2/h7,11-12,14H,1,8-10,13H2,2-6H3/b20-15-. The second-order valence-electron chi connectivity index (χ2n) is 7.57. The summed E-state index contributed by atoms with van der Waals surface area (Å²) in [7, 11) is 0. The summed E-state index contributed by atoms with van der Waals surface area (Å²) in [6.45, 7) is 15.0. The van der Waals surface area contributed by atoms with Crippen molar-refractivity contribution >= 4 is 23.1 Å². The summed E-state index contributed by atoms with van der Waals surface area (Å²) < 4.78 is 5.08. The lowest BCUT2D eigenvalue weighted by Crippen LogP contribution is -2.22. The molecular formula is C23H29ClO2. The summed E-state index contributed by atoms with van der Waals surface area (Å²) in [6.07, 6.45) is 5.34. The number of rotatable bonds is 5. The Labute approximate surface area is 162 Å². The Morgan fingerprint density at radius 1 is 1.38 bits per heavy atom. The van der Waals surface area contributed by atoms with Gasteiger partial charge in [-0.25, -0.2) is 4.79 Å². The Hall–Kier alpha value is -1.80. The average Bonchev–Trinajstić information content (AvgIpc) is 2.58. The molecule has 0 spiro atoms. The molecule has 1 aromatic carbocycles. The summed E-state index contributed by atoms with van der Waals surface area (Å²) in [5.74, 6) is -0.347. The van der Waals surface area contributed by atoms with E-state index in [1.807, 2.05) is 12.1 Å². The lowest BCUT2D eigenvalue weighted by atomic mass is 9.68. The summed E-state index contributed by atoms with van der Waals surface area (Å²) in [5.41, 5.74) is 6.49. The van der Waals surface area contributed by atoms with E-state index < -0.39 is 0 Å². The molecule has 3 heteroatoms. The van der Waals surface area contributed by atoms with E-state index in [-0.39, 0.29) is 11.4 Å². The number of esters is 1. The summed E-state index contributed by atoms with van der Waals surface area (Å²) in [6, 6.07) is 5.43. The molecule has 0 N–H and O–H groups in total. The van der Waals surface area contributed by atoms with Gasteiger partial charge in [-0.1, -0.05) is 49.7 Å². The Balaban J connectivity index is 2.64. The quantitative estimate of drug-likeness (QED) is 0.410. The molecule has 0 fully saturated rings. The van der Waals surface area contributed by atoms with Crippen LogP contribution in [0.4, 0.5) is 0 Å². The summed E-state index contributed by atoms with van der Waals surface area (Å²) in [4.78, 5) is 12.0. The second-order valence-corrected chi connectivity index (χ2v) is 7.98. The lowest BCUT2D eigenvalue weighted by Gasteiger charge is -2.37. The van der Waals surface area contributed by atoms with Crippen molar-refractivity contribution in [3.63, 3.8) is 0 Å². The molecule has 1 aliphatic carbocycles. The van der Waals surface area contributed by atoms with Gasteiger partial charge in [0.25, 0.3) is 0 Å². The van der Waals surface area contributed by atoms with Gasteiger partial charge in [-0.3, -0.25) is 0 Å². The van der Waals surface area contributed by atoms with Crippen molar-refractivity contribution in [3.05, 3.63) is 63.7 Å². The molecular weight excluding hydrogens is 344 g/mol. The van der Waals surface area contributed by atoms with Crippen molar-refractivity contribution in [1.82, 2.24) is 0 Å². The third kappa shape index (κ3) is 4.12. The first-order valence-electron chi connectivity index (χ1n) is 9.24. The molecule has 0 unspecified atom stereocenters. The van der Waals surface area contributed by atoms with E-state index >= 15 is 0 Å². The van der Waals surface area contributed by atoms with Gasteiger partial charge in [0.15, 0.2) is 0 Å². The molecule has 0 atom stereocenters. The molecule has 0 saturated heterocycles. The summed E-state index contributed by atoms with van der Waals surface area (Å²) in [5, 5.41) is 0.563. The van der Waals surface area contributed by atoms with E-state index in [1.54, 1.807) is 19.1 Å². The molecule has 0 radical (unpaired) electrons. The van der Waals surface area contributed by atoms with Gasteiger partial charge in [-0.2, -0.15) is 0 Å². The number of hydrogen-bond acceptors (Lipinski definition) is 2. The minimum Gasteiger partial charge on any atom is -0.462 e. The van der Waals surface area contributed by atoms with Crippen LogP contribution >= 0.6 is 11.6 Å². The van der Waals surface area contributed by atoms with Crippen molar-refractivity contribution in [2.24, 2.45) is 5.41 Å². The zero-order valence-corrected chi connectivity index (χ0v) is 17.3. The molecule has 2 nitrogen and oxygen atoms in total. The van der Waals surface area contributed by atoms with Crippen molar-refractivity contribution in [3.8, 4) is 0 Å². The number of ether oxygens (including phenoxy) is 1. The third-order valence-corrected chi connectivity index (χ3v) is 5.47. The van der Waals surface area contributed by atoms with Gasteiger partial charge >= 0.3 is 5.97 Å². The smallest absolute Gasteiger partial charge is 0.338 e. The number of benzene rings is 1. The molecule has 0 bridgehead atoms. The molecule has 1 aromatic rings. The highest BCUT2D eigenvalue weighted by molar-refractivity contribution is 6.33. The maximum atomic E-state index is 12.0. The first-order chi connectivity index (χ1) is 12.2. The highest BCUT2D eigenvalue weighted by atomic mass is 35.5. The highest BCUT2D eigenvalue weighted by Crippen LogP contribution is 2.49. The summed E-state index contributed by atoms with van der Waals surface area (Å²) >= 11 is 6.63. The van der Waals surface area contributed by atoms with E-state index in [9.17, 15) is 4.79 Å². The van der Waals surface area contributed by atoms with Crippen LogP contribution in [0.5, 0.6) is 0 Å². The van der Waals surface area contributed by atoms with Gasteiger partial charge in [-0.15, -0.1) is 0 Å². The third-order valence-electron chi connectivity index (χ3n) is 5.16. The largest absolute Gasteiger partial charge is 0.462 e. The minimum atomic E-state index is -0.347. The SMILES string of the molecule is C=C/C(C)=C(\C1=C(C)CCCC1(C)C)c1ccc(C(=O)OCC)cc1Cl. The first-order valence-corrected chi connectivity index (χ1v) is 9.61. The molecule has 0 saturated carbocycles. The van der Waals surface area contributed by atoms with Gasteiger partial charge in [0.1, 0.15) is 0 Å². The van der Waals surface area contributed by atoms with Crippen LogP contribution < -0.4 is 0 Å². The van der Waals surface area contributed by atoms with E-state index in [1.165, 1.54) is 17.6 Å². The van der Waals surface area contributed by atoms with Crippen LogP contribution in [0.1, 0.15) is 69.8 Å². The van der Waals surface area contributed by atoms with Crippen molar-refractivity contribution < 1.29 is 9.53 Å². The van der Waals surface area contributed by atoms with E-state index in [4.69, 9.17) is 16.3 Å². The van der Waals surface area contributed by atoms with Gasteiger partial charge in [-0.05, 0) is 74.3 Å². The highest BCUT2D eigenvalue weighted by Gasteiger charge is 2.32. The Bertz CT molecular complexity index is 781. The van der Waals surface area contributed by atoms with Gasteiger partial charge in [0, 0.05) is 10.6 Å². The zero-order chi connectivity index (χ0) is 19.5. The lowest BCUT2D eigenvalue weighted by molar-refractivity contribution is 0.0526. The van der Waals surface area contributed by atoms with E-state index in [0.717, 1.165) is 29.6 Å². The monoisotopic (exact) mass is 372 g/mol. The predicted molar refractivity (Wildman–Crippen MR) is 111 cm³/mol. The van der Waals surface area contributed by atoms with Crippen molar-refractivity contribution in [2.45, 2.75) is 53.9 Å². The van der Waals surface area contributed by atoms with Crippen LogP contribution in [0, 0.1) is 5.41 Å². The number of halogens is 1. The Morgan fingerprint density at radius 3 is 2.62 bits per heavy atom. The molecule has 0 aliphatic heterocycles. The second kappa shape index (κ2) is 8.26. The topological polar surface area (TPSA) is 26.3 Å². The molecule has 2 rings (SSSR count). The molecule has 1 aliphatic rings. The molecule has 140 valence electrons. The average molecular weight is 373 g/mol. The molecule has 26 heavy (non-hydrogen) atoms. The number of carbonyl (C=O) groups excluding carboxylic acids is 1. The number of carbonyl (C=O) groups is 1. The normalized spacial score (nSPS) is 17.6. The number of allylic oxidation sites excluding steroid dienone is 5. The van der Waals surface area contributed by atoms with Gasteiger partial charge < -0.3 is 4.74 Å². The van der Waals surface area contributed by atoms with Crippen LogP contribution in [-0.4, -0.2) is 12.6 Å². The van der Waals surface area contributed by atoms with Crippen LogP contribution in [-0.2, 0) is 4.74 Å².